The second-order valence-electron chi connectivity index (χ2n) is 7.25. The summed E-state index contributed by atoms with van der Waals surface area (Å²) in [4.78, 5) is 33.5. The van der Waals surface area contributed by atoms with Crippen molar-refractivity contribution in [3.8, 4) is 5.75 Å². The van der Waals surface area contributed by atoms with Crippen molar-refractivity contribution in [3.05, 3.63) is 77.9 Å². The van der Waals surface area contributed by atoms with Crippen molar-refractivity contribution in [1.29, 1.82) is 0 Å². The van der Waals surface area contributed by atoms with E-state index in [1.807, 2.05) is 18.2 Å². The van der Waals surface area contributed by atoms with Gasteiger partial charge in [0.05, 0.1) is 31.4 Å². The molecule has 7 nitrogen and oxygen atoms in total. The first-order valence-electron chi connectivity index (χ1n) is 9.51. The summed E-state index contributed by atoms with van der Waals surface area (Å²) in [6.07, 6.45) is 2.27. The van der Waals surface area contributed by atoms with E-state index < -0.39 is 6.04 Å². The monoisotopic (exact) mass is 424 g/mol. The first kappa shape index (κ1) is 20.0. The van der Waals surface area contributed by atoms with Crippen LogP contribution in [0.2, 0.25) is 0 Å². The lowest BCUT2D eigenvalue weighted by Gasteiger charge is -2.27. The lowest BCUT2D eigenvalue weighted by molar-refractivity contribution is -0.120. The minimum absolute atomic E-state index is 0. The van der Waals surface area contributed by atoms with Crippen molar-refractivity contribution >= 4 is 30.0 Å². The van der Waals surface area contributed by atoms with Crippen LogP contribution in [0.4, 0.5) is 10.5 Å². The molecule has 5 rings (SSSR count). The van der Waals surface area contributed by atoms with Crippen molar-refractivity contribution in [1.82, 2.24) is 14.5 Å². The van der Waals surface area contributed by atoms with Gasteiger partial charge in [0.2, 0.25) is 0 Å². The van der Waals surface area contributed by atoms with Gasteiger partial charge in [-0.05, 0) is 29.8 Å². The molecule has 0 radical (unpaired) electrons. The fourth-order valence-corrected chi connectivity index (χ4v) is 4.06. The summed E-state index contributed by atoms with van der Waals surface area (Å²) in [6, 6.07) is 16.3. The van der Waals surface area contributed by atoms with Crippen molar-refractivity contribution < 1.29 is 14.3 Å². The molecule has 2 aliphatic heterocycles. The van der Waals surface area contributed by atoms with Gasteiger partial charge >= 0.3 is 6.03 Å². The molecule has 0 saturated carbocycles. The third kappa shape index (κ3) is 3.21. The van der Waals surface area contributed by atoms with E-state index in [9.17, 15) is 9.59 Å². The number of halogens is 1. The maximum Gasteiger partial charge on any atom is 0.332 e. The Morgan fingerprint density at radius 1 is 1.07 bits per heavy atom. The highest BCUT2D eigenvalue weighted by atomic mass is 35.5. The van der Waals surface area contributed by atoms with Gasteiger partial charge in [-0.25, -0.2) is 14.7 Å². The summed E-state index contributed by atoms with van der Waals surface area (Å²) >= 11 is 0. The Balaban J connectivity index is 0.00000218. The number of aromatic nitrogens is 2. The van der Waals surface area contributed by atoms with Gasteiger partial charge in [-0.3, -0.25) is 4.79 Å². The van der Waals surface area contributed by atoms with E-state index in [0.717, 1.165) is 11.4 Å². The number of urea groups is 1. The average molecular weight is 425 g/mol. The van der Waals surface area contributed by atoms with E-state index in [1.54, 1.807) is 42.6 Å². The number of methoxy groups -OCH3 is 1. The van der Waals surface area contributed by atoms with E-state index in [4.69, 9.17) is 4.74 Å². The number of imide groups is 1. The quantitative estimate of drug-likeness (QED) is 0.603. The van der Waals surface area contributed by atoms with Crippen molar-refractivity contribution in [2.75, 3.05) is 12.0 Å². The Kier molecular flexibility index (Phi) is 5.22. The molecular weight excluding hydrogens is 404 g/mol. The Labute approximate surface area is 180 Å². The summed E-state index contributed by atoms with van der Waals surface area (Å²) in [6.45, 7) is 1.04. The molecule has 1 saturated heterocycles. The van der Waals surface area contributed by atoms with Crippen LogP contribution in [0.15, 0.2) is 60.9 Å². The molecule has 154 valence electrons. The number of anilines is 1. The molecule has 3 amide bonds. The number of ether oxygens (including phenoxy) is 1. The van der Waals surface area contributed by atoms with Crippen LogP contribution in [0.25, 0.3) is 0 Å². The lowest BCUT2D eigenvalue weighted by atomic mass is 10.0. The zero-order valence-electron chi connectivity index (χ0n) is 16.4. The fourth-order valence-electron chi connectivity index (χ4n) is 4.06. The number of rotatable bonds is 4. The van der Waals surface area contributed by atoms with Crippen LogP contribution in [-0.4, -0.2) is 39.5 Å². The number of nitrogens with zero attached hydrogens (tertiary/aromatic N) is 4. The molecule has 1 fully saturated rings. The molecule has 30 heavy (non-hydrogen) atoms. The first-order valence-corrected chi connectivity index (χ1v) is 9.51. The van der Waals surface area contributed by atoms with Crippen LogP contribution in [-0.2, 0) is 24.3 Å². The van der Waals surface area contributed by atoms with Gasteiger partial charge in [-0.2, -0.15) is 0 Å². The number of amides is 3. The zero-order chi connectivity index (χ0) is 20.0. The highest BCUT2D eigenvalue weighted by Crippen LogP contribution is 2.33. The number of hydrogen-bond donors (Lipinski definition) is 0. The predicted octanol–water partition coefficient (Wildman–Crippen LogP) is 3.26. The second kappa shape index (κ2) is 7.84. The normalized spacial score (nSPS) is 17.4. The van der Waals surface area contributed by atoms with Crippen molar-refractivity contribution in [2.24, 2.45) is 0 Å². The minimum Gasteiger partial charge on any atom is -0.497 e. The Hall–Kier alpha value is -3.32. The van der Waals surface area contributed by atoms with E-state index in [0.29, 0.717) is 30.9 Å². The Morgan fingerprint density at radius 2 is 1.80 bits per heavy atom. The predicted molar refractivity (Wildman–Crippen MR) is 114 cm³/mol. The summed E-state index contributed by atoms with van der Waals surface area (Å²) < 4.78 is 7.24. The van der Waals surface area contributed by atoms with Gasteiger partial charge in [0.15, 0.2) is 0 Å². The molecule has 3 aromatic rings. The maximum absolute atomic E-state index is 13.1. The van der Waals surface area contributed by atoms with Gasteiger partial charge in [0.1, 0.15) is 11.8 Å². The van der Waals surface area contributed by atoms with Crippen molar-refractivity contribution in [2.45, 2.75) is 25.6 Å². The Bertz CT molecular complexity index is 1080. The second-order valence-corrected chi connectivity index (χ2v) is 7.25. The molecule has 0 spiro atoms. The van der Waals surface area contributed by atoms with Crippen molar-refractivity contribution in [3.63, 3.8) is 0 Å². The average Bonchev–Trinajstić information content (AvgIpc) is 3.26. The van der Waals surface area contributed by atoms with Crippen LogP contribution in [0.1, 0.15) is 17.0 Å². The largest absolute Gasteiger partial charge is 0.497 e. The summed E-state index contributed by atoms with van der Waals surface area (Å²) in [5, 5.41) is 0. The van der Waals surface area contributed by atoms with Gasteiger partial charge in [-0.1, -0.05) is 30.3 Å². The Morgan fingerprint density at radius 3 is 2.50 bits per heavy atom. The number of fused-ring (bicyclic) bond motifs is 2. The summed E-state index contributed by atoms with van der Waals surface area (Å²) in [7, 11) is 1.58. The van der Waals surface area contributed by atoms with Crippen LogP contribution >= 0.6 is 12.4 Å². The first-order chi connectivity index (χ1) is 14.2. The van der Waals surface area contributed by atoms with E-state index >= 15 is 0 Å². The fraction of sp³-hybridized carbons (Fsp3) is 0.227. The molecule has 1 aromatic heterocycles. The third-order valence-electron chi connectivity index (χ3n) is 5.58. The summed E-state index contributed by atoms with van der Waals surface area (Å²) in [5.41, 5.74) is 3.60. The molecule has 1 unspecified atom stereocenters. The standard InChI is InChI=1S/C22H20N4O3.ClH/c1-29-17-9-7-16(8-10-17)26-21(27)20-11-19-18(13-25(20)22(26)28)23-14-24(19)12-15-5-3-2-4-6-15;/h2-10,14,20H,11-13H2,1H3;1H. The SMILES string of the molecule is COc1ccc(N2C(=O)C3Cc4c(ncn4Cc4ccccc4)CN3C2=O)cc1.Cl. The zero-order valence-corrected chi connectivity index (χ0v) is 17.2. The smallest absolute Gasteiger partial charge is 0.332 e. The van der Waals surface area contributed by atoms with Crippen LogP contribution in [0.3, 0.4) is 0 Å². The summed E-state index contributed by atoms with van der Waals surface area (Å²) in [5.74, 6) is 0.482. The molecule has 2 aliphatic rings. The number of benzene rings is 2. The lowest BCUT2D eigenvalue weighted by Crippen LogP contribution is -2.40. The molecule has 8 heteroatoms. The number of carbonyl (C=O) groups excluding carboxylic acids is 2. The van der Waals surface area contributed by atoms with Crippen LogP contribution in [0.5, 0.6) is 5.75 Å². The molecule has 0 aliphatic carbocycles. The van der Waals surface area contributed by atoms with Gasteiger partial charge in [-0.15, -0.1) is 12.4 Å². The van der Waals surface area contributed by atoms with Crippen LogP contribution < -0.4 is 9.64 Å². The molecule has 1 atom stereocenters. The highest BCUT2D eigenvalue weighted by Gasteiger charge is 2.48. The molecule has 0 N–H and O–H groups in total. The topological polar surface area (TPSA) is 67.7 Å². The molecule has 3 heterocycles. The van der Waals surface area contributed by atoms with Crippen LogP contribution in [0, 0.1) is 0 Å². The number of imidazole rings is 1. The van der Waals surface area contributed by atoms with Gasteiger partial charge in [0.25, 0.3) is 5.91 Å². The molecular formula is C22H21ClN4O3. The van der Waals surface area contributed by atoms with Gasteiger partial charge in [0, 0.05) is 18.7 Å². The molecule has 2 aromatic carbocycles. The van der Waals surface area contributed by atoms with E-state index in [-0.39, 0.29) is 24.3 Å². The van der Waals surface area contributed by atoms with E-state index in [1.165, 1.54) is 10.5 Å². The number of carbonyl (C=O) groups is 2. The highest BCUT2D eigenvalue weighted by molar-refractivity contribution is 6.21. The van der Waals surface area contributed by atoms with E-state index in [2.05, 4.69) is 21.7 Å². The minimum atomic E-state index is -0.497. The van der Waals surface area contributed by atoms with Gasteiger partial charge < -0.3 is 14.2 Å². The number of hydrogen-bond acceptors (Lipinski definition) is 4. The molecule has 0 bridgehead atoms. The third-order valence-corrected chi connectivity index (χ3v) is 5.58. The maximum atomic E-state index is 13.1.